The first kappa shape index (κ1) is 16.3. The summed E-state index contributed by atoms with van der Waals surface area (Å²) in [5, 5.41) is 10.9. The molecule has 24 heavy (non-hydrogen) atoms. The molecular formula is C16H21N5O3. The van der Waals surface area contributed by atoms with E-state index in [-0.39, 0.29) is 11.9 Å². The number of carbonyl (C=O) groups excluding carboxylic acids is 1. The highest BCUT2D eigenvalue weighted by Gasteiger charge is 2.19. The van der Waals surface area contributed by atoms with Crippen LogP contribution in [-0.4, -0.2) is 46.7 Å². The lowest BCUT2D eigenvalue weighted by Gasteiger charge is -2.18. The van der Waals surface area contributed by atoms with Gasteiger partial charge in [0.05, 0.1) is 11.4 Å². The molecule has 1 aliphatic heterocycles. The molecule has 1 unspecified atom stereocenters. The number of ether oxygens (including phenoxy) is 2. The highest BCUT2D eigenvalue weighted by atomic mass is 16.6. The molecule has 8 nitrogen and oxygen atoms in total. The SMILES string of the molecule is Cc1c(C(=O)NCCC(C)N)nnn1-c1ccc2c(c1)OCCO2. The summed E-state index contributed by atoms with van der Waals surface area (Å²) in [5.41, 5.74) is 7.40. The molecule has 0 bridgehead atoms. The maximum absolute atomic E-state index is 12.2. The smallest absolute Gasteiger partial charge is 0.273 e. The fourth-order valence-electron chi connectivity index (χ4n) is 2.45. The number of nitrogens with two attached hydrogens (primary N) is 1. The van der Waals surface area contributed by atoms with Crippen molar-refractivity contribution in [3.05, 3.63) is 29.6 Å². The third kappa shape index (κ3) is 3.33. The van der Waals surface area contributed by atoms with Gasteiger partial charge in [-0.2, -0.15) is 0 Å². The van der Waals surface area contributed by atoms with Crippen LogP contribution >= 0.6 is 0 Å². The summed E-state index contributed by atoms with van der Waals surface area (Å²) in [5.74, 6) is 1.12. The first-order chi connectivity index (χ1) is 11.6. The molecule has 0 aliphatic carbocycles. The standard InChI is InChI=1S/C16H21N5O3/c1-10(17)5-6-18-16(22)15-11(2)21(20-19-15)12-3-4-13-14(9-12)24-8-7-23-13/h3-4,9-10H,5-8,17H2,1-2H3,(H,18,22). The van der Waals surface area contributed by atoms with E-state index in [1.165, 1.54) is 0 Å². The predicted molar refractivity (Wildman–Crippen MR) is 87.7 cm³/mol. The molecule has 1 aliphatic rings. The fourth-order valence-corrected chi connectivity index (χ4v) is 2.45. The predicted octanol–water partition coefficient (Wildman–Crippen LogP) is 0.814. The van der Waals surface area contributed by atoms with Gasteiger partial charge in [-0.1, -0.05) is 5.21 Å². The molecule has 0 spiro atoms. The highest BCUT2D eigenvalue weighted by molar-refractivity contribution is 5.93. The Morgan fingerprint density at radius 2 is 2.12 bits per heavy atom. The first-order valence-electron chi connectivity index (χ1n) is 7.92. The number of fused-ring (bicyclic) bond motifs is 1. The molecule has 0 saturated heterocycles. The normalized spacial score (nSPS) is 14.3. The molecule has 1 aromatic heterocycles. The zero-order valence-corrected chi connectivity index (χ0v) is 13.8. The molecule has 0 radical (unpaired) electrons. The van der Waals surface area contributed by atoms with Crippen LogP contribution in [0.25, 0.3) is 5.69 Å². The minimum absolute atomic E-state index is 0.0415. The number of hydrogen-bond acceptors (Lipinski definition) is 6. The van der Waals surface area contributed by atoms with Crippen molar-refractivity contribution in [3.8, 4) is 17.2 Å². The van der Waals surface area contributed by atoms with E-state index < -0.39 is 0 Å². The number of aromatic nitrogens is 3. The number of amides is 1. The minimum atomic E-state index is -0.253. The van der Waals surface area contributed by atoms with Crippen molar-refractivity contribution < 1.29 is 14.3 Å². The zero-order chi connectivity index (χ0) is 17.1. The van der Waals surface area contributed by atoms with Crippen molar-refractivity contribution in [1.82, 2.24) is 20.3 Å². The lowest BCUT2D eigenvalue weighted by Crippen LogP contribution is -2.29. The van der Waals surface area contributed by atoms with Crippen molar-refractivity contribution in [1.29, 1.82) is 0 Å². The van der Waals surface area contributed by atoms with Gasteiger partial charge in [0.25, 0.3) is 5.91 Å². The second-order valence-corrected chi connectivity index (χ2v) is 5.79. The van der Waals surface area contributed by atoms with E-state index in [1.807, 2.05) is 25.1 Å². The molecule has 3 N–H and O–H groups in total. The molecule has 2 heterocycles. The summed E-state index contributed by atoms with van der Waals surface area (Å²) >= 11 is 0. The summed E-state index contributed by atoms with van der Waals surface area (Å²) in [6, 6.07) is 5.55. The van der Waals surface area contributed by atoms with Gasteiger partial charge in [0.15, 0.2) is 17.2 Å². The summed E-state index contributed by atoms with van der Waals surface area (Å²) < 4.78 is 12.7. The van der Waals surface area contributed by atoms with Gasteiger partial charge in [-0.25, -0.2) is 4.68 Å². The minimum Gasteiger partial charge on any atom is -0.486 e. The van der Waals surface area contributed by atoms with Gasteiger partial charge >= 0.3 is 0 Å². The van der Waals surface area contributed by atoms with Crippen molar-refractivity contribution in [2.24, 2.45) is 5.73 Å². The molecule has 0 saturated carbocycles. The molecule has 128 valence electrons. The van der Waals surface area contributed by atoms with Gasteiger partial charge in [0.1, 0.15) is 13.2 Å². The van der Waals surface area contributed by atoms with Gasteiger partial charge in [0, 0.05) is 18.7 Å². The maximum atomic E-state index is 12.2. The number of carbonyl (C=O) groups is 1. The van der Waals surface area contributed by atoms with Crippen molar-refractivity contribution in [3.63, 3.8) is 0 Å². The van der Waals surface area contributed by atoms with E-state index in [4.69, 9.17) is 15.2 Å². The molecule has 3 rings (SSSR count). The Morgan fingerprint density at radius 1 is 1.38 bits per heavy atom. The number of nitrogens with zero attached hydrogens (tertiary/aromatic N) is 3. The Labute approximate surface area is 139 Å². The summed E-state index contributed by atoms with van der Waals surface area (Å²) in [6.07, 6.45) is 0.709. The third-order valence-corrected chi connectivity index (χ3v) is 3.77. The maximum Gasteiger partial charge on any atom is 0.273 e. The van der Waals surface area contributed by atoms with Crippen LogP contribution in [0.2, 0.25) is 0 Å². The largest absolute Gasteiger partial charge is 0.486 e. The van der Waals surface area contributed by atoms with Crippen molar-refractivity contribution >= 4 is 5.91 Å². The lowest BCUT2D eigenvalue weighted by atomic mass is 10.2. The molecule has 0 fully saturated rings. The molecular weight excluding hydrogens is 310 g/mol. The van der Waals surface area contributed by atoms with Crippen LogP contribution in [0.1, 0.15) is 29.5 Å². The Balaban J connectivity index is 1.78. The van der Waals surface area contributed by atoms with E-state index in [9.17, 15) is 4.79 Å². The van der Waals surface area contributed by atoms with Crippen LogP contribution in [0.5, 0.6) is 11.5 Å². The molecule has 8 heteroatoms. The van der Waals surface area contributed by atoms with Crippen molar-refractivity contribution in [2.45, 2.75) is 26.3 Å². The Bertz CT molecular complexity index is 741. The summed E-state index contributed by atoms with van der Waals surface area (Å²) in [6.45, 7) is 5.26. The average molecular weight is 331 g/mol. The van der Waals surface area contributed by atoms with E-state index in [1.54, 1.807) is 11.6 Å². The van der Waals surface area contributed by atoms with Gasteiger partial charge in [-0.3, -0.25) is 4.79 Å². The highest BCUT2D eigenvalue weighted by Crippen LogP contribution is 2.32. The second-order valence-electron chi connectivity index (χ2n) is 5.79. The van der Waals surface area contributed by atoms with E-state index in [0.29, 0.717) is 49.1 Å². The number of benzene rings is 1. The number of nitrogens with one attached hydrogen (secondary N) is 1. The molecule has 1 atom stereocenters. The van der Waals surface area contributed by atoms with Crippen LogP contribution in [0.4, 0.5) is 0 Å². The van der Waals surface area contributed by atoms with E-state index in [2.05, 4.69) is 15.6 Å². The lowest BCUT2D eigenvalue weighted by molar-refractivity contribution is 0.0947. The van der Waals surface area contributed by atoms with Gasteiger partial charge < -0.3 is 20.5 Å². The zero-order valence-electron chi connectivity index (χ0n) is 13.8. The van der Waals surface area contributed by atoms with Crippen LogP contribution in [0, 0.1) is 6.92 Å². The average Bonchev–Trinajstić information content (AvgIpc) is 2.95. The monoisotopic (exact) mass is 331 g/mol. The van der Waals surface area contributed by atoms with E-state index >= 15 is 0 Å². The Hall–Kier alpha value is -2.61. The second kappa shape index (κ2) is 6.88. The van der Waals surface area contributed by atoms with Gasteiger partial charge in [0.2, 0.25) is 0 Å². The first-order valence-corrected chi connectivity index (χ1v) is 7.92. The Morgan fingerprint density at radius 3 is 2.88 bits per heavy atom. The van der Waals surface area contributed by atoms with Gasteiger partial charge in [-0.15, -0.1) is 5.10 Å². The number of rotatable bonds is 5. The van der Waals surface area contributed by atoms with Crippen LogP contribution in [0.15, 0.2) is 18.2 Å². The molecule has 1 aromatic carbocycles. The Kier molecular flexibility index (Phi) is 4.66. The number of hydrogen-bond donors (Lipinski definition) is 2. The van der Waals surface area contributed by atoms with Crippen LogP contribution < -0.4 is 20.5 Å². The molecule has 1 amide bonds. The third-order valence-electron chi connectivity index (χ3n) is 3.77. The topological polar surface area (TPSA) is 104 Å². The summed E-state index contributed by atoms with van der Waals surface area (Å²) in [4.78, 5) is 12.2. The van der Waals surface area contributed by atoms with Crippen LogP contribution in [-0.2, 0) is 0 Å². The molecule has 2 aromatic rings. The van der Waals surface area contributed by atoms with E-state index in [0.717, 1.165) is 5.69 Å². The van der Waals surface area contributed by atoms with Crippen molar-refractivity contribution in [2.75, 3.05) is 19.8 Å². The van der Waals surface area contributed by atoms with Crippen LogP contribution in [0.3, 0.4) is 0 Å². The summed E-state index contributed by atoms with van der Waals surface area (Å²) in [7, 11) is 0. The quantitative estimate of drug-likeness (QED) is 0.840. The fraction of sp³-hybridized carbons (Fsp3) is 0.438. The van der Waals surface area contributed by atoms with Gasteiger partial charge in [-0.05, 0) is 32.4 Å².